The monoisotopic (exact) mass is 298 g/mol. The van der Waals surface area contributed by atoms with Gasteiger partial charge < -0.3 is 15.8 Å². The fourth-order valence-electron chi connectivity index (χ4n) is 1.97. The van der Waals surface area contributed by atoms with Crippen LogP contribution >= 0.6 is 0 Å². The molecule has 22 heavy (non-hydrogen) atoms. The van der Waals surface area contributed by atoms with Gasteiger partial charge in [0.25, 0.3) is 0 Å². The average molecular weight is 298 g/mol. The van der Waals surface area contributed by atoms with Crippen molar-refractivity contribution in [3.8, 4) is 0 Å². The third-order valence-electron chi connectivity index (χ3n) is 3.21. The van der Waals surface area contributed by atoms with Crippen molar-refractivity contribution >= 4 is 12.0 Å². The topological polar surface area (TPSA) is 81.4 Å². The summed E-state index contributed by atoms with van der Waals surface area (Å²) >= 11 is 0. The Bertz CT molecular complexity index is 639. The molecule has 2 amide bonds. The van der Waals surface area contributed by atoms with E-state index in [9.17, 15) is 9.59 Å². The molecule has 2 rings (SSSR count). The maximum atomic E-state index is 12.1. The summed E-state index contributed by atoms with van der Waals surface area (Å²) in [5.74, 6) is -0.384. The Balaban J connectivity index is 1.96. The van der Waals surface area contributed by atoms with Crippen LogP contribution in [0.2, 0.25) is 0 Å². The van der Waals surface area contributed by atoms with Crippen molar-refractivity contribution in [2.45, 2.75) is 19.6 Å². The highest BCUT2D eigenvalue weighted by molar-refractivity contribution is 5.89. The lowest BCUT2D eigenvalue weighted by Gasteiger charge is -2.13. The Labute approximate surface area is 129 Å². The molecule has 1 atom stereocenters. The van der Waals surface area contributed by atoms with Crippen LogP contribution in [-0.2, 0) is 11.3 Å². The minimum Gasteiger partial charge on any atom is -0.454 e. The molecule has 0 saturated carbocycles. The molecule has 0 saturated heterocycles. The number of carbonyl (C=O) groups excluding carboxylic acids is 2. The van der Waals surface area contributed by atoms with E-state index in [0.717, 1.165) is 11.1 Å². The van der Waals surface area contributed by atoms with Crippen LogP contribution in [0.15, 0.2) is 54.6 Å². The van der Waals surface area contributed by atoms with E-state index in [0.29, 0.717) is 12.1 Å². The summed E-state index contributed by atoms with van der Waals surface area (Å²) in [6.45, 7) is 2.16. The molecule has 0 aliphatic carbocycles. The number of benzene rings is 2. The van der Waals surface area contributed by atoms with Crippen LogP contribution in [0.5, 0.6) is 0 Å². The summed E-state index contributed by atoms with van der Waals surface area (Å²) in [6.07, 6.45) is -0.315. The Hall–Kier alpha value is -2.82. The van der Waals surface area contributed by atoms with E-state index in [2.05, 4.69) is 5.32 Å². The number of nitrogens with two attached hydrogens (primary N) is 1. The molecule has 1 unspecified atom stereocenters. The standard InChI is InChI=1S/C17H18N2O3/c1-12(14-5-3-2-4-6-14)22-16(20)15-9-7-13(8-10-15)11-19-17(18)21/h2-10,12H,11H2,1H3,(H3,18,19,21). The van der Waals surface area contributed by atoms with Crippen molar-refractivity contribution < 1.29 is 14.3 Å². The van der Waals surface area contributed by atoms with Crippen molar-refractivity contribution in [2.24, 2.45) is 5.73 Å². The predicted molar refractivity (Wildman–Crippen MR) is 83.1 cm³/mol. The van der Waals surface area contributed by atoms with Crippen LogP contribution in [0.4, 0.5) is 4.79 Å². The summed E-state index contributed by atoms with van der Waals surface area (Å²) in [5, 5.41) is 2.49. The fourth-order valence-corrected chi connectivity index (χ4v) is 1.97. The third kappa shape index (κ3) is 4.34. The van der Waals surface area contributed by atoms with Gasteiger partial charge in [0.2, 0.25) is 0 Å². The number of primary amides is 1. The van der Waals surface area contributed by atoms with Crippen LogP contribution in [0.1, 0.15) is 34.5 Å². The number of hydrogen-bond donors (Lipinski definition) is 2. The van der Waals surface area contributed by atoms with E-state index in [1.807, 2.05) is 37.3 Å². The highest BCUT2D eigenvalue weighted by Gasteiger charge is 2.13. The smallest absolute Gasteiger partial charge is 0.338 e. The summed E-state index contributed by atoms with van der Waals surface area (Å²) in [7, 11) is 0. The van der Waals surface area contributed by atoms with E-state index in [-0.39, 0.29) is 12.1 Å². The molecule has 0 spiro atoms. The van der Waals surface area contributed by atoms with Crippen LogP contribution in [0.3, 0.4) is 0 Å². The van der Waals surface area contributed by atoms with E-state index in [1.165, 1.54) is 0 Å². The summed E-state index contributed by atoms with van der Waals surface area (Å²) in [6, 6.07) is 15.8. The van der Waals surface area contributed by atoms with Crippen molar-refractivity contribution in [2.75, 3.05) is 0 Å². The number of amides is 2. The molecular weight excluding hydrogens is 280 g/mol. The van der Waals surface area contributed by atoms with Gasteiger partial charge in [-0.1, -0.05) is 42.5 Å². The molecule has 0 heterocycles. The first kappa shape index (κ1) is 15.6. The van der Waals surface area contributed by atoms with Gasteiger partial charge in [0.1, 0.15) is 6.10 Å². The minimum absolute atomic E-state index is 0.315. The van der Waals surface area contributed by atoms with Crippen LogP contribution in [0, 0.1) is 0 Å². The second-order valence-electron chi connectivity index (χ2n) is 4.87. The quantitative estimate of drug-likeness (QED) is 0.833. The average Bonchev–Trinajstić information content (AvgIpc) is 2.54. The van der Waals surface area contributed by atoms with Crippen LogP contribution < -0.4 is 11.1 Å². The number of carbonyl (C=O) groups is 2. The highest BCUT2D eigenvalue weighted by atomic mass is 16.5. The SMILES string of the molecule is CC(OC(=O)c1ccc(CNC(N)=O)cc1)c1ccccc1. The zero-order chi connectivity index (χ0) is 15.9. The first-order valence-electron chi connectivity index (χ1n) is 6.94. The first-order valence-corrected chi connectivity index (χ1v) is 6.94. The molecule has 5 nitrogen and oxygen atoms in total. The van der Waals surface area contributed by atoms with Gasteiger partial charge in [-0.15, -0.1) is 0 Å². The van der Waals surface area contributed by atoms with E-state index in [1.54, 1.807) is 24.3 Å². The molecule has 0 aromatic heterocycles. The molecule has 2 aromatic carbocycles. The van der Waals surface area contributed by atoms with Gasteiger partial charge in [0.05, 0.1) is 5.56 Å². The molecule has 2 aromatic rings. The molecule has 0 radical (unpaired) electrons. The lowest BCUT2D eigenvalue weighted by Crippen LogP contribution is -2.28. The van der Waals surface area contributed by atoms with Gasteiger partial charge in [-0.3, -0.25) is 0 Å². The Morgan fingerprint density at radius 3 is 2.32 bits per heavy atom. The summed E-state index contributed by atoms with van der Waals surface area (Å²) < 4.78 is 5.43. The highest BCUT2D eigenvalue weighted by Crippen LogP contribution is 2.18. The number of ether oxygens (including phenoxy) is 1. The zero-order valence-electron chi connectivity index (χ0n) is 12.3. The molecule has 114 valence electrons. The van der Waals surface area contributed by atoms with Crippen LogP contribution in [-0.4, -0.2) is 12.0 Å². The number of esters is 1. The van der Waals surface area contributed by atoms with E-state index < -0.39 is 6.03 Å². The van der Waals surface area contributed by atoms with Gasteiger partial charge in [0.15, 0.2) is 0 Å². The minimum atomic E-state index is -0.583. The van der Waals surface area contributed by atoms with Crippen molar-refractivity contribution in [1.82, 2.24) is 5.32 Å². The van der Waals surface area contributed by atoms with Crippen molar-refractivity contribution in [1.29, 1.82) is 0 Å². The zero-order valence-corrected chi connectivity index (χ0v) is 12.3. The van der Waals surface area contributed by atoms with Crippen molar-refractivity contribution in [3.05, 3.63) is 71.3 Å². The van der Waals surface area contributed by atoms with E-state index >= 15 is 0 Å². The number of rotatable bonds is 5. The third-order valence-corrected chi connectivity index (χ3v) is 3.21. The van der Waals surface area contributed by atoms with Crippen LogP contribution in [0.25, 0.3) is 0 Å². The van der Waals surface area contributed by atoms with Gasteiger partial charge in [0, 0.05) is 6.54 Å². The second kappa shape index (κ2) is 7.26. The van der Waals surface area contributed by atoms with Gasteiger partial charge in [-0.2, -0.15) is 0 Å². The predicted octanol–water partition coefficient (Wildman–Crippen LogP) is 2.77. The van der Waals surface area contributed by atoms with Gasteiger partial charge >= 0.3 is 12.0 Å². The van der Waals surface area contributed by atoms with E-state index in [4.69, 9.17) is 10.5 Å². The maximum Gasteiger partial charge on any atom is 0.338 e. The Kier molecular flexibility index (Phi) is 5.14. The molecule has 0 aliphatic heterocycles. The van der Waals surface area contributed by atoms with Gasteiger partial charge in [-0.25, -0.2) is 9.59 Å². The largest absolute Gasteiger partial charge is 0.454 e. The molecule has 0 bridgehead atoms. The molecular formula is C17H18N2O3. The lowest BCUT2D eigenvalue weighted by molar-refractivity contribution is 0.0338. The molecule has 5 heteroatoms. The molecule has 3 N–H and O–H groups in total. The maximum absolute atomic E-state index is 12.1. The number of nitrogens with one attached hydrogen (secondary N) is 1. The molecule has 0 aliphatic rings. The Morgan fingerprint density at radius 1 is 1.09 bits per heavy atom. The summed E-state index contributed by atoms with van der Waals surface area (Å²) in [4.78, 5) is 22.7. The number of urea groups is 1. The second-order valence-corrected chi connectivity index (χ2v) is 4.87. The first-order chi connectivity index (χ1) is 10.6. The normalized spacial score (nSPS) is 11.5. The number of hydrogen-bond acceptors (Lipinski definition) is 3. The van der Waals surface area contributed by atoms with Gasteiger partial charge in [-0.05, 0) is 30.2 Å². The molecule has 0 fully saturated rings. The lowest BCUT2D eigenvalue weighted by atomic mass is 10.1. The fraction of sp³-hybridized carbons (Fsp3) is 0.176. The summed E-state index contributed by atoms with van der Waals surface area (Å²) in [5.41, 5.74) is 7.26. The Morgan fingerprint density at radius 2 is 1.73 bits per heavy atom. The van der Waals surface area contributed by atoms with Crippen molar-refractivity contribution in [3.63, 3.8) is 0 Å².